The number of carbonyl (C=O) groups excluding carboxylic acids is 1. The lowest BCUT2D eigenvalue weighted by Crippen LogP contribution is -2.39. The summed E-state index contributed by atoms with van der Waals surface area (Å²) in [5.41, 5.74) is 3.98. The van der Waals surface area contributed by atoms with Crippen LogP contribution in [0.1, 0.15) is 12.0 Å². The predicted octanol–water partition coefficient (Wildman–Crippen LogP) is 2.71. The molecule has 3 aromatic rings. The summed E-state index contributed by atoms with van der Waals surface area (Å²) in [6, 6.07) is 13.6. The van der Waals surface area contributed by atoms with Gasteiger partial charge in [-0.15, -0.1) is 0 Å². The third-order valence-electron chi connectivity index (χ3n) is 4.86. The molecule has 26 heavy (non-hydrogen) atoms. The van der Waals surface area contributed by atoms with Crippen molar-refractivity contribution in [1.82, 2.24) is 20.1 Å². The number of hydrogen-bond donors (Lipinski definition) is 1. The molecule has 0 aliphatic carbocycles. The Hall–Kier alpha value is -2.99. The van der Waals surface area contributed by atoms with E-state index in [0.29, 0.717) is 6.54 Å². The second kappa shape index (κ2) is 7.09. The fourth-order valence-electron chi connectivity index (χ4n) is 3.51. The van der Waals surface area contributed by atoms with Crippen molar-refractivity contribution in [3.05, 3.63) is 66.6 Å². The monoisotopic (exact) mass is 347 g/mol. The summed E-state index contributed by atoms with van der Waals surface area (Å²) in [5.74, 6) is 0.158. The number of aromatic nitrogens is 3. The van der Waals surface area contributed by atoms with Gasteiger partial charge in [-0.05, 0) is 37.7 Å². The molecule has 1 amide bonds. The van der Waals surface area contributed by atoms with E-state index in [1.807, 2.05) is 66.8 Å². The molecule has 6 nitrogen and oxygen atoms in total. The minimum absolute atomic E-state index is 0.119. The number of H-pyrrole nitrogens is 1. The van der Waals surface area contributed by atoms with E-state index in [0.717, 1.165) is 35.5 Å². The Labute approximate surface area is 152 Å². The molecular weight excluding hydrogens is 326 g/mol. The number of likely N-dealkylation sites (N-methyl/N-ethyl adjacent to an activating group) is 1. The van der Waals surface area contributed by atoms with Gasteiger partial charge in [0.2, 0.25) is 5.91 Å². The zero-order valence-electron chi connectivity index (χ0n) is 14.7. The molecule has 132 valence electrons. The lowest BCUT2D eigenvalue weighted by Gasteiger charge is -2.23. The lowest BCUT2D eigenvalue weighted by molar-refractivity contribution is -0.121. The van der Waals surface area contributed by atoms with E-state index >= 15 is 0 Å². The van der Waals surface area contributed by atoms with Gasteiger partial charge in [0.15, 0.2) is 0 Å². The van der Waals surface area contributed by atoms with Crippen molar-refractivity contribution in [3.63, 3.8) is 0 Å². The van der Waals surface area contributed by atoms with Crippen molar-refractivity contribution < 1.29 is 4.79 Å². The normalized spacial score (nSPS) is 17.2. The van der Waals surface area contributed by atoms with Gasteiger partial charge in [0.1, 0.15) is 0 Å². The third-order valence-corrected chi connectivity index (χ3v) is 4.86. The van der Waals surface area contributed by atoms with Crippen LogP contribution in [0.5, 0.6) is 0 Å². The summed E-state index contributed by atoms with van der Waals surface area (Å²) in [7, 11) is 2.00. The molecule has 1 fully saturated rings. The number of pyridine rings is 1. The molecule has 1 N–H and O–H groups in total. The molecule has 0 saturated carbocycles. The second-order valence-electron chi connectivity index (χ2n) is 6.56. The van der Waals surface area contributed by atoms with Crippen LogP contribution in [-0.4, -0.2) is 45.6 Å². The second-order valence-corrected chi connectivity index (χ2v) is 6.56. The van der Waals surface area contributed by atoms with Crippen molar-refractivity contribution in [1.29, 1.82) is 0 Å². The molecule has 1 unspecified atom stereocenters. The van der Waals surface area contributed by atoms with Gasteiger partial charge in [0.05, 0.1) is 17.9 Å². The van der Waals surface area contributed by atoms with Crippen LogP contribution in [0.25, 0.3) is 11.3 Å². The van der Waals surface area contributed by atoms with E-state index < -0.39 is 0 Å². The number of anilines is 1. The van der Waals surface area contributed by atoms with Crippen LogP contribution in [0.15, 0.2) is 61.1 Å². The van der Waals surface area contributed by atoms with Gasteiger partial charge in [-0.1, -0.05) is 18.2 Å². The first-order valence-electron chi connectivity index (χ1n) is 8.73. The molecule has 0 spiro atoms. The van der Waals surface area contributed by atoms with Gasteiger partial charge in [0, 0.05) is 42.3 Å². The van der Waals surface area contributed by atoms with E-state index in [1.54, 1.807) is 6.20 Å². The third kappa shape index (κ3) is 3.11. The van der Waals surface area contributed by atoms with E-state index in [2.05, 4.69) is 20.1 Å². The van der Waals surface area contributed by atoms with Crippen LogP contribution < -0.4 is 4.90 Å². The number of hydrogen-bond acceptors (Lipinski definition) is 4. The number of benzene rings is 1. The predicted molar refractivity (Wildman–Crippen MR) is 100 cm³/mol. The SMILES string of the molecule is CN(Cc1cn[nH]c1-c1cccnc1)C1CCN(c2ccccc2)C1=O. The highest BCUT2D eigenvalue weighted by Gasteiger charge is 2.35. The summed E-state index contributed by atoms with van der Waals surface area (Å²) >= 11 is 0. The average molecular weight is 347 g/mol. The van der Waals surface area contributed by atoms with Gasteiger partial charge in [0.25, 0.3) is 0 Å². The Morgan fingerprint density at radius 3 is 2.81 bits per heavy atom. The first-order chi connectivity index (χ1) is 12.7. The van der Waals surface area contributed by atoms with Crippen LogP contribution in [0.2, 0.25) is 0 Å². The Bertz CT molecular complexity index is 877. The number of rotatable bonds is 5. The molecule has 0 bridgehead atoms. The molecule has 6 heteroatoms. The standard InChI is InChI=1S/C20H21N5O/c1-24(14-16-13-22-23-19(16)15-6-5-10-21-12-15)18-9-11-25(20(18)26)17-7-3-2-4-8-17/h2-8,10,12-13,18H,9,11,14H2,1H3,(H,22,23). The van der Waals surface area contributed by atoms with E-state index in [9.17, 15) is 4.79 Å². The molecule has 1 aliphatic rings. The highest BCUT2D eigenvalue weighted by molar-refractivity contribution is 5.99. The Morgan fingerprint density at radius 2 is 2.04 bits per heavy atom. The first-order valence-corrected chi connectivity index (χ1v) is 8.73. The number of aromatic amines is 1. The summed E-state index contributed by atoms with van der Waals surface area (Å²) in [4.78, 5) is 21.0. The molecule has 4 rings (SSSR count). The average Bonchev–Trinajstić information content (AvgIpc) is 3.29. The largest absolute Gasteiger partial charge is 0.311 e. The maximum absolute atomic E-state index is 12.9. The number of nitrogens with one attached hydrogen (secondary N) is 1. The molecule has 1 aromatic carbocycles. The smallest absolute Gasteiger partial charge is 0.244 e. The summed E-state index contributed by atoms with van der Waals surface area (Å²) in [6.07, 6.45) is 6.22. The Morgan fingerprint density at radius 1 is 1.19 bits per heavy atom. The minimum Gasteiger partial charge on any atom is -0.311 e. The van der Waals surface area contributed by atoms with Crippen molar-refractivity contribution >= 4 is 11.6 Å². The van der Waals surface area contributed by atoms with Crippen molar-refractivity contribution in [2.24, 2.45) is 0 Å². The molecule has 2 aromatic heterocycles. The van der Waals surface area contributed by atoms with E-state index in [-0.39, 0.29) is 11.9 Å². The first kappa shape index (κ1) is 16.5. The van der Waals surface area contributed by atoms with Crippen LogP contribution in [0.3, 0.4) is 0 Å². The van der Waals surface area contributed by atoms with Crippen molar-refractivity contribution in [2.45, 2.75) is 19.0 Å². The Kier molecular flexibility index (Phi) is 4.50. The van der Waals surface area contributed by atoms with Crippen molar-refractivity contribution in [2.75, 3.05) is 18.5 Å². The van der Waals surface area contributed by atoms with Crippen LogP contribution >= 0.6 is 0 Å². The highest BCUT2D eigenvalue weighted by atomic mass is 16.2. The maximum atomic E-state index is 12.9. The number of nitrogens with zero attached hydrogens (tertiary/aromatic N) is 4. The Balaban J connectivity index is 1.49. The van der Waals surface area contributed by atoms with Crippen LogP contribution in [0.4, 0.5) is 5.69 Å². The molecule has 1 atom stereocenters. The topological polar surface area (TPSA) is 65.1 Å². The maximum Gasteiger partial charge on any atom is 0.244 e. The zero-order valence-corrected chi connectivity index (χ0v) is 14.7. The molecule has 3 heterocycles. The fraction of sp³-hybridized carbons (Fsp3) is 0.250. The molecular formula is C20H21N5O. The van der Waals surface area contributed by atoms with E-state index in [1.165, 1.54) is 0 Å². The quantitative estimate of drug-likeness (QED) is 0.771. The van der Waals surface area contributed by atoms with E-state index in [4.69, 9.17) is 0 Å². The number of carbonyl (C=O) groups is 1. The van der Waals surface area contributed by atoms with Crippen molar-refractivity contribution in [3.8, 4) is 11.3 Å². The summed E-state index contributed by atoms with van der Waals surface area (Å²) in [6.45, 7) is 1.40. The molecule has 1 aliphatic heterocycles. The zero-order chi connectivity index (χ0) is 17.9. The number of para-hydroxylation sites is 1. The fourth-order valence-corrected chi connectivity index (χ4v) is 3.51. The van der Waals surface area contributed by atoms with Gasteiger partial charge in [-0.3, -0.25) is 19.8 Å². The van der Waals surface area contributed by atoms with Gasteiger partial charge >= 0.3 is 0 Å². The lowest BCUT2D eigenvalue weighted by atomic mass is 10.1. The van der Waals surface area contributed by atoms with Crippen LogP contribution in [-0.2, 0) is 11.3 Å². The molecule has 1 saturated heterocycles. The summed E-state index contributed by atoms with van der Waals surface area (Å²) in [5, 5.41) is 7.24. The van der Waals surface area contributed by atoms with Gasteiger partial charge < -0.3 is 4.90 Å². The minimum atomic E-state index is -0.119. The van der Waals surface area contributed by atoms with Gasteiger partial charge in [-0.2, -0.15) is 5.10 Å². The van der Waals surface area contributed by atoms with Gasteiger partial charge in [-0.25, -0.2) is 0 Å². The van der Waals surface area contributed by atoms with Crippen LogP contribution in [0, 0.1) is 0 Å². The molecule has 0 radical (unpaired) electrons. The summed E-state index contributed by atoms with van der Waals surface area (Å²) < 4.78 is 0. The number of amides is 1. The highest BCUT2D eigenvalue weighted by Crippen LogP contribution is 2.26.